The summed E-state index contributed by atoms with van der Waals surface area (Å²) in [5, 5.41) is 4.13. The molecular formula is C14H19ClN2O2. The topological polar surface area (TPSA) is 43.4 Å². The molecule has 1 aromatic heterocycles. The monoisotopic (exact) mass is 282 g/mol. The lowest BCUT2D eigenvalue weighted by atomic mass is 9.89. The molecule has 3 heterocycles. The SMILES string of the molecule is Clc1ccc(CN[C@@H]2CCO[C@]3(CCOC3)C2)cn1. The number of hydrogen-bond donors (Lipinski definition) is 1. The average Bonchev–Trinajstić information content (AvgIpc) is 2.86. The maximum Gasteiger partial charge on any atom is 0.129 e. The zero-order valence-electron chi connectivity index (χ0n) is 10.9. The van der Waals surface area contributed by atoms with Crippen LogP contribution in [-0.4, -0.2) is 36.4 Å². The standard InChI is InChI=1S/C14H19ClN2O2/c15-13-2-1-11(9-17-13)8-16-12-3-5-19-14(7-12)4-6-18-10-14/h1-2,9,12,16H,3-8,10H2/t12-,14-/m1/s1. The predicted octanol–water partition coefficient (Wildman–Crippen LogP) is 2.16. The first-order valence-electron chi connectivity index (χ1n) is 6.81. The van der Waals surface area contributed by atoms with Crippen molar-refractivity contribution >= 4 is 11.6 Å². The van der Waals surface area contributed by atoms with Gasteiger partial charge in [0.1, 0.15) is 5.15 Å². The lowest BCUT2D eigenvalue weighted by Gasteiger charge is -2.37. The van der Waals surface area contributed by atoms with Crippen molar-refractivity contribution in [2.24, 2.45) is 0 Å². The van der Waals surface area contributed by atoms with Gasteiger partial charge in [0.2, 0.25) is 0 Å². The van der Waals surface area contributed by atoms with E-state index in [9.17, 15) is 0 Å². The summed E-state index contributed by atoms with van der Waals surface area (Å²) in [7, 11) is 0. The Morgan fingerprint density at radius 3 is 3.11 bits per heavy atom. The van der Waals surface area contributed by atoms with Crippen LogP contribution in [0, 0.1) is 0 Å². The number of rotatable bonds is 3. The van der Waals surface area contributed by atoms with Crippen LogP contribution in [0.4, 0.5) is 0 Å². The van der Waals surface area contributed by atoms with Gasteiger partial charge < -0.3 is 14.8 Å². The first-order chi connectivity index (χ1) is 9.26. The average molecular weight is 283 g/mol. The van der Waals surface area contributed by atoms with Gasteiger partial charge in [-0.2, -0.15) is 0 Å². The molecule has 2 atom stereocenters. The van der Waals surface area contributed by atoms with Crippen molar-refractivity contribution in [3.05, 3.63) is 29.0 Å². The second kappa shape index (κ2) is 5.75. The fourth-order valence-electron chi connectivity index (χ4n) is 2.84. The molecular weight excluding hydrogens is 264 g/mol. The van der Waals surface area contributed by atoms with Gasteiger partial charge in [0.05, 0.1) is 12.2 Å². The number of ether oxygens (including phenoxy) is 2. The van der Waals surface area contributed by atoms with E-state index >= 15 is 0 Å². The van der Waals surface area contributed by atoms with E-state index in [1.165, 1.54) is 0 Å². The molecule has 104 valence electrons. The van der Waals surface area contributed by atoms with Crippen molar-refractivity contribution in [2.45, 2.75) is 37.5 Å². The van der Waals surface area contributed by atoms with Crippen molar-refractivity contribution in [3.63, 3.8) is 0 Å². The number of nitrogens with one attached hydrogen (secondary N) is 1. The molecule has 1 N–H and O–H groups in total. The molecule has 2 saturated heterocycles. The second-order valence-corrected chi connectivity index (χ2v) is 5.78. The van der Waals surface area contributed by atoms with Crippen molar-refractivity contribution < 1.29 is 9.47 Å². The molecule has 0 radical (unpaired) electrons. The van der Waals surface area contributed by atoms with Gasteiger partial charge in [0.25, 0.3) is 0 Å². The number of nitrogens with zero attached hydrogens (tertiary/aromatic N) is 1. The Bertz CT molecular complexity index is 418. The maximum absolute atomic E-state index is 5.93. The largest absolute Gasteiger partial charge is 0.378 e. The molecule has 2 aliphatic rings. The Morgan fingerprint density at radius 1 is 1.42 bits per heavy atom. The molecule has 2 aliphatic heterocycles. The van der Waals surface area contributed by atoms with Gasteiger partial charge in [-0.3, -0.25) is 0 Å². The molecule has 0 unspecified atom stereocenters. The maximum atomic E-state index is 5.93. The van der Waals surface area contributed by atoms with Gasteiger partial charge >= 0.3 is 0 Å². The van der Waals surface area contributed by atoms with E-state index < -0.39 is 0 Å². The van der Waals surface area contributed by atoms with E-state index in [0.717, 1.165) is 51.2 Å². The zero-order chi connectivity index (χ0) is 13.1. The minimum atomic E-state index is -0.0336. The predicted molar refractivity (Wildman–Crippen MR) is 73.2 cm³/mol. The molecule has 5 heteroatoms. The van der Waals surface area contributed by atoms with Crippen LogP contribution in [0.3, 0.4) is 0 Å². The zero-order valence-corrected chi connectivity index (χ0v) is 11.7. The van der Waals surface area contributed by atoms with Crippen LogP contribution in [0.5, 0.6) is 0 Å². The van der Waals surface area contributed by atoms with Crippen molar-refractivity contribution in [1.29, 1.82) is 0 Å². The number of pyridine rings is 1. The second-order valence-electron chi connectivity index (χ2n) is 5.39. The summed E-state index contributed by atoms with van der Waals surface area (Å²) in [4.78, 5) is 4.09. The first-order valence-corrected chi connectivity index (χ1v) is 7.19. The van der Waals surface area contributed by atoms with E-state index in [4.69, 9.17) is 21.1 Å². The van der Waals surface area contributed by atoms with Crippen LogP contribution in [0.2, 0.25) is 5.15 Å². The third-order valence-electron chi connectivity index (χ3n) is 3.94. The smallest absolute Gasteiger partial charge is 0.129 e. The van der Waals surface area contributed by atoms with Crippen LogP contribution < -0.4 is 5.32 Å². The Hall–Kier alpha value is -0.680. The molecule has 1 aromatic rings. The summed E-state index contributed by atoms with van der Waals surface area (Å²) in [6.45, 7) is 3.22. The van der Waals surface area contributed by atoms with Crippen molar-refractivity contribution in [3.8, 4) is 0 Å². The third kappa shape index (κ3) is 3.26. The van der Waals surface area contributed by atoms with E-state index in [0.29, 0.717) is 11.2 Å². The molecule has 0 saturated carbocycles. The van der Waals surface area contributed by atoms with E-state index in [1.807, 2.05) is 18.3 Å². The van der Waals surface area contributed by atoms with Gasteiger partial charge in [-0.05, 0) is 24.5 Å². The quantitative estimate of drug-likeness (QED) is 0.863. The Balaban J connectivity index is 1.53. The van der Waals surface area contributed by atoms with Crippen LogP contribution >= 0.6 is 11.6 Å². The number of aromatic nitrogens is 1. The van der Waals surface area contributed by atoms with Crippen LogP contribution in [0.1, 0.15) is 24.8 Å². The molecule has 1 spiro atoms. The summed E-state index contributed by atoms with van der Waals surface area (Å²) < 4.78 is 11.4. The highest BCUT2D eigenvalue weighted by Crippen LogP contribution is 2.32. The highest BCUT2D eigenvalue weighted by atomic mass is 35.5. The van der Waals surface area contributed by atoms with Crippen LogP contribution in [-0.2, 0) is 16.0 Å². The van der Waals surface area contributed by atoms with Crippen molar-refractivity contribution in [1.82, 2.24) is 10.3 Å². The minimum Gasteiger partial charge on any atom is -0.378 e. The summed E-state index contributed by atoms with van der Waals surface area (Å²) in [6.07, 6.45) is 4.94. The molecule has 0 amide bonds. The lowest BCUT2D eigenvalue weighted by molar-refractivity contribution is -0.0894. The number of hydrogen-bond acceptors (Lipinski definition) is 4. The molecule has 4 nitrogen and oxygen atoms in total. The summed E-state index contributed by atoms with van der Waals surface area (Å²) in [5.74, 6) is 0. The van der Waals surface area contributed by atoms with Gasteiger partial charge in [-0.1, -0.05) is 17.7 Å². The molecule has 0 aromatic carbocycles. The fraction of sp³-hybridized carbons (Fsp3) is 0.643. The van der Waals surface area contributed by atoms with E-state index in [-0.39, 0.29) is 5.60 Å². The Morgan fingerprint density at radius 2 is 2.37 bits per heavy atom. The Labute approximate surface area is 118 Å². The van der Waals surface area contributed by atoms with E-state index in [1.54, 1.807) is 0 Å². The normalized spacial score (nSPS) is 30.9. The highest BCUT2D eigenvalue weighted by Gasteiger charge is 2.40. The number of halogens is 1. The summed E-state index contributed by atoms with van der Waals surface area (Å²) >= 11 is 5.78. The molecule has 19 heavy (non-hydrogen) atoms. The van der Waals surface area contributed by atoms with Gasteiger partial charge in [0.15, 0.2) is 0 Å². The fourth-order valence-corrected chi connectivity index (χ4v) is 2.95. The molecule has 0 bridgehead atoms. The highest BCUT2D eigenvalue weighted by molar-refractivity contribution is 6.29. The van der Waals surface area contributed by atoms with Gasteiger partial charge in [-0.15, -0.1) is 0 Å². The van der Waals surface area contributed by atoms with E-state index in [2.05, 4.69) is 10.3 Å². The van der Waals surface area contributed by atoms with Crippen LogP contribution in [0.15, 0.2) is 18.3 Å². The minimum absolute atomic E-state index is 0.0336. The summed E-state index contributed by atoms with van der Waals surface area (Å²) in [6, 6.07) is 4.33. The van der Waals surface area contributed by atoms with Crippen molar-refractivity contribution in [2.75, 3.05) is 19.8 Å². The van der Waals surface area contributed by atoms with Crippen LogP contribution in [0.25, 0.3) is 0 Å². The lowest BCUT2D eigenvalue weighted by Crippen LogP contribution is -2.47. The Kier molecular flexibility index (Phi) is 4.03. The summed E-state index contributed by atoms with van der Waals surface area (Å²) in [5.41, 5.74) is 1.13. The first kappa shape index (κ1) is 13.3. The van der Waals surface area contributed by atoms with Gasteiger partial charge in [0, 0.05) is 38.4 Å². The molecule has 2 fully saturated rings. The third-order valence-corrected chi connectivity index (χ3v) is 4.17. The van der Waals surface area contributed by atoms with Gasteiger partial charge in [-0.25, -0.2) is 4.98 Å². The molecule has 0 aliphatic carbocycles. The molecule has 3 rings (SSSR count).